The molecule has 336 valence electrons. The lowest BCUT2D eigenvalue weighted by Gasteiger charge is -2.30. The average molecular weight is 917 g/mol. The first-order valence-corrected chi connectivity index (χ1v) is 22.0. The van der Waals surface area contributed by atoms with E-state index in [-0.39, 0.29) is 19.3 Å². The third-order valence-electron chi connectivity index (χ3n) is 9.96. The highest BCUT2D eigenvalue weighted by molar-refractivity contribution is 9.10. The Morgan fingerprint density at radius 2 is 1.11 bits per heavy atom. The fourth-order valence-corrected chi connectivity index (χ4v) is 7.04. The molecule has 62 heavy (non-hydrogen) atoms. The number of hydrogen-bond acceptors (Lipinski definition) is 11. The van der Waals surface area contributed by atoms with Crippen molar-refractivity contribution in [3.8, 4) is 0 Å². The minimum absolute atomic E-state index is 0.0213. The summed E-state index contributed by atoms with van der Waals surface area (Å²) in [6.45, 7) is 22.7. The van der Waals surface area contributed by atoms with Gasteiger partial charge in [-0.25, -0.2) is 4.79 Å². The number of amides is 1. The van der Waals surface area contributed by atoms with Crippen LogP contribution in [0.25, 0.3) is 12.2 Å². The molecule has 1 amide bonds. The van der Waals surface area contributed by atoms with E-state index in [0.717, 1.165) is 98.2 Å². The fourth-order valence-electron chi connectivity index (χ4n) is 6.63. The molecule has 4 aromatic rings. The molecule has 0 radical (unpaired) electrons. The predicted molar refractivity (Wildman–Crippen MR) is 256 cm³/mol. The molecule has 4 aromatic carbocycles. The van der Waals surface area contributed by atoms with Crippen molar-refractivity contribution in [2.75, 3.05) is 107 Å². The van der Waals surface area contributed by atoms with Crippen LogP contribution in [0.5, 0.6) is 0 Å². The second kappa shape index (κ2) is 26.7. The molecule has 0 spiro atoms. The number of nitrogens with zero attached hydrogens (tertiary/aromatic N) is 3. The third-order valence-corrected chi connectivity index (χ3v) is 10.5. The van der Waals surface area contributed by atoms with Crippen molar-refractivity contribution in [1.29, 1.82) is 0 Å². The maximum atomic E-state index is 11.9. The number of aliphatic hydroxyl groups is 2. The van der Waals surface area contributed by atoms with Gasteiger partial charge in [-0.1, -0.05) is 89.8 Å². The number of alkyl carbamates (subject to hydrolysis) is 1. The molecule has 5 N–H and O–H groups in total. The second-order valence-corrected chi connectivity index (χ2v) is 16.6. The highest BCUT2D eigenvalue weighted by Gasteiger charge is 2.21. The second-order valence-electron chi connectivity index (χ2n) is 15.7. The van der Waals surface area contributed by atoms with E-state index in [4.69, 9.17) is 29.8 Å². The Balaban J connectivity index is 0.000000191. The van der Waals surface area contributed by atoms with Crippen molar-refractivity contribution in [3.05, 3.63) is 137 Å². The topological polar surface area (TPSA) is 142 Å². The summed E-state index contributed by atoms with van der Waals surface area (Å²) < 4.78 is 22.3. The molecular weight excluding hydrogens is 850 g/mol. The van der Waals surface area contributed by atoms with E-state index in [0.29, 0.717) is 13.2 Å². The summed E-state index contributed by atoms with van der Waals surface area (Å²) in [6, 6.07) is 31.5. The Kier molecular flexibility index (Phi) is 21.5. The zero-order chi connectivity index (χ0) is 44.7. The first-order chi connectivity index (χ1) is 29.9. The van der Waals surface area contributed by atoms with Crippen molar-refractivity contribution in [3.63, 3.8) is 0 Å². The summed E-state index contributed by atoms with van der Waals surface area (Å²) in [5, 5.41) is 21.4. The minimum Gasteiger partial charge on any atom is -0.444 e. The van der Waals surface area contributed by atoms with Crippen LogP contribution < -0.4 is 25.8 Å². The zero-order valence-electron chi connectivity index (χ0n) is 36.6. The highest BCUT2D eigenvalue weighted by Crippen LogP contribution is 2.23. The molecule has 0 aliphatic carbocycles. The fraction of sp³-hybridized carbons (Fsp3) is 0.408. The van der Waals surface area contributed by atoms with Crippen molar-refractivity contribution in [2.24, 2.45) is 5.73 Å². The Bertz CT molecular complexity index is 1940. The number of benzene rings is 4. The van der Waals surface area contributed by atoms with Crippen LogP contribution in [0, 0.1) is 0 Å². The smallest absolute Gasteiger partial charge is 0.408 e. The molecule has 3 saturated heterocycles. The van der Waals surface area contributed by atoms with E-state index in [1.165, 1.54) is 11.3 Å². The molecule has 3 aliphatic rings. The van der Waals surface area contributed by atoms with Crippen molar-refractivity contribution < 1.29 is 34.0 Å². The number of nitrogens with two attached hydrogens (primary N) is 1. The number of anilines is 3. The van der Waals surface area contributed by atoms with Crippen LogP contribution in [-0.2, 0) is 18.9 Å². The number of halogens is 1. The van der Waals surface area contributed by atoms with E-state index in [1.807, 2.05) is 78.9 Å². The van der Waals surface area contributed by atoms with Crippen LogP contribution in [0.15, 0.2) is 115 Å². The summed E-state index contributed by atoms with van der Waals surface area (Å²) in [5.74, 6) is 0. The van der Waals surface area contributed by atoms with Crippen LogP contribution in [0.2, 0.25) is 0 Å². The Labute approximate surface area is 377 Å². The molecule has 0 bridgehead atoms. The van der Waals surface area contributed by atoms with Crippen LogP contribution in [0.4, 0.5) is 21.9 Å². The van der Waals surface area contributed by atoms with Crippen LogP contribution in [-0.4, -0.2) is 114 Å². The number of nitrogens with one attached hydrogen (secondary N) is 1. The quantitative estimate of drug-likeness (QED) is 0.124. The molecule has 3 heterocycles. The van der Waals surface area contributed by atoms with E-state index < -0.39 is 17.7 Å². The molecule has 0 aromatic heterocycles. The Morgan fingerprint density at radius 1 is 0.694 bits per heavy atom. The van der Waals surface area contributed by atoms with Gasteiger partial charge in [0.15, 0.2) is 0 Å². The maximum absolute atomic E-state index is 11.9. The molecule has 2 atom stereocenters. The molecule has 12 nitrogen and oxygen atoms in total. The molecule has 0 saturated carbocycles. The summed E-state index contributed by atoms with van der Waals surface area (Å²) in [6.07, 6.45) is 3.17. The van der Waals surface area contributed by atoms with Gasteiger partial charge < -0.3 is 54.9 Å². The molecule has 3 aliphatic heterocycles. The Morgan fingerprint density at radius 3 is 1.53 bits per heavy atom. The van der Waals surface area contributed by atoms with Crippen molar-refractivity contribution in [2.45, 2.75) is 38.5 Å². The van der Waals surface area contributed by atoms with Gasteiger partial charge in [0.05, 0.1) is 64.9 Å². The van der Waals surface area contributed by atoms with Gasteiger partial charge in [0, 0.05) is 60.8 Å². The lowest BCUT2D eigenvalue weighted by Crippen LogP contribution is -2.37. The van der Waals surface area contributed by atoms with E-state index in [9.17, 15) is 9.90 Å². The van der Waals surface area contributed by atoms with Gasteiger partial charge in [0.25, 0.3) is 0 Å². The van der Waals surface area contributed by atoms with Gasteiger partial charge in [-0.05, 0) is 91.6 Å². The SMILES string of the molecule is C=Cc1cccc(Br)c1.C=Cc1cccc(N2CCOCC2)c1.CC(C)(C)OC(=O)N[C@@H](CO)c1cccc(N2CCOCC2)c1.N[C@@H](CO)c1cccc(N2CCOCC2)c1. The Hall–Kier alpha value is -4.73. The molecule has 7 rings (SSSR count). The lowest BCUT2D eigenvalue weighted by atomic mass is 10.1. The summed E-state index contributed by atoms with van der Waals surface area (Å²) in [5.41, 5.74) is 12.9. The van der Waals surface area contributed by atoms with E-state index >= 15 is 0 Å². The van der Waals surface area contributed by atoms with Gasteiger partial charge in [0.2, 0.25) is 0 Å². The molecule has 13 heteroatoms. The van der Waals surface area contributed by atoms with Gasteiger partial charge in [-0.3, -0.25) is 0 Å². The van der Waals surface area contributed by atoms with Crippen LogP contribution in [0.1, 0.15) is 55.1 Å². The monoisotopic (exact) mass is 915 g/mol. The highest BCUT2D eigenvalue weighted by atomic mass is 79.9. The number of morpholine rings is 3. The van der Waals surface area contributed by atoms with Crippen LogP contribution in [0.3, 0.4) is 0 Å². The van der Waals surface area contributed by atoms with Crippen molar-refractivity contribution in [1.82, 2.24) is 5.32 Å². The zero-order valence-corrected chi connectivity index (χ0v) is 38.2. The summed E-state index contributed by atoms with van der Waals surface area (Å²) in [7, 11) is 0. The summed E-state index contributed by atoms with van der Waals surface area (Å²) >= 11 is 3.36. The average Bonchev–Trinajstić information content (AvgIpc) is 3.31. The predicted octanol–water partition coefficient (Wildman–Crippen LogP) is 7.85. The number of hydrogen-bond donors (Lipinski definition) is 4. The maximum Gasteiger partial charge on any atom is 0.408 e. The van der Waals surface area contributed by atoms with Gasteiger partial charge in [-0.2, -0.15) is 0 Å². The first-order valence-electron chi connectivity index (χ1n) is 21.2. The van der Waals surface area contributed by atoms with E-state index in [2.05, 4.69) is 79.4 Å². The lowest BCUT2D eigenvalue weighted by molar-refractivity contribution is 0.0481. The number of carbonyl (C=O) groups excluding carboxylic acids is 1. The van der Waals surface area contributed by atoms with Gasteiger partial charge >= 0.3 is 6.09 Å². The van der Waals surface area contributed by atoms with Crippen molar-refractivity contribution >= 4 is 51.2 Å². The number of ether oxygens (including phenoxy) is 4. The molecular formula is C49H66BrN5O7. The normalized spacial score (nSPS) is 16.1. The first kappa shape index (κ1) is 49.9. The third kappa shape index (κ3) is 17.6. The van der Waals surface area contributed by atoms with Gasteiger partial charge in [-0.15, -0.1) is 0 Å². The van der Waals surface area contributed by atoms with Crippen LogP contribution >= 0.6 is 15.9 Å². The van der Waals surface area contributed by atoms with Gasteiger partial charge in [0.1, 0.15) is 5.60 Å². The molecule has 0 unspecified atom stereocenters. The van der Waals surface area contributed by atoms with E-state index in [1.54, 1.807) is 20.8 Å². The number of carbonyl (C=O) groups is 1. The largest absolute Gasteiger partial charge is 0.444 e. The number of aliphatic hydroxyl groups excluding tert-OH is 2. The molecule has 3 fully saturated rings. The standard InChI is InChI=1S/C17H26N2O4.C12H18N2O2.C12H15NO.C8H7Br/c1-17(2,3)23-16(21)18-15(12-20)13-5-4-6-14(11-13)19-7-9-22-10-8-19;13-12(9-15)10-2-1-3-11(8-10)14-4-6-16-7-5-14;1-2-11-4-3-5-12(10-11)13-6-8-14-9-7-13;1-2-7-4-3-5-8(9)6-7/h4-6,11,15,20H,7-10,12H2,1-3H3,(H,18,21);1-3,8,12,15H,4-7,9,13H2;2-5,10H,1,6-9H2;2-6H,1H2/t15-;12-;;/m00../s1. The summed E-state index contributed by atoms with van der Waals surface area (Å²) in [4.78, 5) is 18.8. The number of rotatable bonds is 10. The minimum atomic E-state index is -0.570.